The summed E-state index contributed by atoms with van der Waals surface area (Å²) in [6, 6.07) is 18.7. The standard InChI is InChI=1S/C44H56F2N8O2/c45-31-8-7-9-37(24-31)53-28-34(50-43-27-36(17-19-48-43)52-22-5-2-6-23-52)12-15-40(53)44(56)39-14-10-32(46)25-41(39)54-29-33(11-13-38(54)30-55)49-42-26-35(16-18-47-42)51-20-3-1-4-21-51/h7-10,14,16-19,24-27,33-34,38,40,44,55-56H,1-6,11-13,15,20-23,28-30H2,(H,47,49)(H,48,50)/t33-,34+,38+,40-,44?/m0/s1. The van der Waals surface area contributed by atoms with Crippen molar-refractivity contribution in [1.82, 2.24) is 9.97 Å². The van der Waals surface area contributed by atoms with E-state index in [4.69, 9.17) is 0 Å². The Labute approximate surface area is 329 Å². The van der Waals surface area contributed by atoms with E-state index in [2.05, 4.69) is 64.5 Å². The highest BCUT2D eigenvalue weighted by Crippen LogP contribution is 2.39. The lowest BCUT2D eigenvalue weighted by molar-refractivity contribution is 0.127. The maximum absolute atomic E-state index is 15.2. The van der Waals surface area contributed by atoms with Crippen LogP contribution >= 0.6 is 0 Å². The molecule has 1 unspecified atom stereocenters. The molecule has 0 radical (unpaired) electrons. The van der Waals surface area contributed by atoms with Crippen molar-refractivity contribution in [2.24, 2.45) is 0 Å². The Morgan fingerprint density at radius 3 is 1.84 bits per heavy atom. The van der Waals surface area contributed by atoms with E-state index >= 15 is 4.39 Å². The smallest absolute Gasteiger partial charge is 0.128 e. The molecular formula is C44H56F2N8O2. The Morgan fingerprint density at radius 2 is 1.23 bits per heavy atom. The van der Waals surface area contributed by atoms with Crippen LogP contribution in [0.4, 0.5) is 43.2 Å². The molecule has 10 nitrogen and oxygen atoms in total. The van der Waals surface area contributed by atoms with Crippen LogP contribution < -0.4 is 30.2 Å². The van der Waals surface area contributed by atoms with Crippen molar-refractivity contribution in [2.75, 3.05) is 76.1 Å². The van der Waals surface area contributed by atoms with Gasteiger partial charge < -0.3 is 40.4 Å². The second-order valence-corrected chi connectivity index (χ2v) is 16.1. The molecular weight excluding hydrogens is 711 g/mol. The number of pyridine rings is 2. The Bertz CT molecular complexity index is 1910. The number of benzene rings is 2. The molecule has 4 N–H and O–H groups in total. The number of hydrogen-bond donors (Lipinski definition) is 4. The number of aliphatic hydroxyl groups is 2. The second-order valence-electron chi connectivity index (χ2n) is 16.1. The van der Waals surface area contributed by atoms with Crippen LogP contribution in [0.3, 0.4) is 0 Å². The van der Waals surface area contributed by atoms with Gasteiger partial charge in [-0.1, -0.05) is 12.1 Å². The molecule has 4 saturated heterocycles. The average molecular weight is 767 g/mol. The third kappa shape index (κ3) is 8.81. The van der Waals surface area contributed by atoms with E-state index in [0.717, 1.165) is 62.0 Å². The van der Waals surface area contributed by atoms with E-state index < -0.39 is 18.0 Å². The third-order valence-corrected chi connectivity index (χ3v) is 12.3. The molecule has 4 aromatic rings. The summed E-state index contributed by atoms with van der Waals surface area (Å²) in [6.45, 7) is 5.09. The number of aliphatic hydroxyl groups excluding tert-OH is 2. The van der Waals surface area contributed by atoms with Gasteiger partial charge in [0.1, 0.15) is 29.4 Å². The molecule has 0 amide bonds. The van der Waals surface area contributed by atoms with E-state index in [-0.39, 0.29) is 30.5 Å². The van der Waals surface area contributed by atoms with Crippen molar-refractivity contribution < 1.29 is 19.0 Å². The normalized spacial score (nSPS) is 23.9. The highest BCUT2D eigenvalue weighted by molar-refractivity contribution is 5.60. The van der Waals surface area contributed by atoms with E-state index in [1.54, 1.807) is 12.1 Å². The Balaban J connectivity index is 1.03. The first-order chi connectivity index (χ1) is 27.4. The number of piperidine rings is 4. The second kappa shape index (κ2) is 17.6. The minimum atomic E-state index is -1.02. The zero-order valence-electron chi connectivity index (χ0n) is 32.2. The van der Waals surface area contributed by atoms with E-state index in [1.165, 1.54) is 62.8 Å². The van der Waals surface area contributed by atoms with Gasteiger partial charge in [-0.25, -0.2) is 18.7 Å². The first-order valence-corrected chi connectivity index (χ1v) is 20.7. The number of halogens is 2. The number of aromatic nitrogens is 2. The molecule has 0 spiro atoms. The van der Waals surface area contributed by atoms with Crippen molar-refractivity contribution in [1.29, 1.82) is 0 Å². The van der Waals surface area contributed by atoms with Gasteiger partial charge in [0.25, 0.3) is 0 Å². The summed E-state index contributed by atoms with van der Waals surface area (Å²) in [6.07, 6.45) is 12.8. The zero-order valence-corrected chi connectivity index (χ0v) is 32.2. The van der Waals surface area contributed by atoms with Crippen molar-refractivity contribution in [3.63, 3.8) is 0 Å². The molecule has 4 aliphatic rings. The predicted molar refractivity (Wildman–Crippen MR) is 221 cm³/mol. The molecule has 5 atom stereocenters. The fourth-order valence-corrected chi connectivity index (χ4v) is 9.36. The summed E-state index contributed by atoms with van der Waals surface area (Å²) in [7, 11) is 0. The zero-order chi connectivity index (χ0) is 38.4. The third-order valence-electron chi connectivity index (χ3n) is 12.3. The summed E-state index contributed by atoms with van der Waals surface area (Å²) in [4.78, 5) is 18.2. The van der Waals surface area contributed by atoms with Crippen LogP contribution in [0.15, 0.2) is 79.1 Å². The maximum Gasteiger partial charge on any atom is 0.128 e. The van der Waals surface area contributed by atoms with Gasteiger partial charge in [0.2, 0.25) is 0 Å². The van der Waals surface area contributed by atoms with Crippen LogP contribution in [-0.4, -0.2) is 90.2 Å². The lowest BCUT2D eigenvalue weighted by Gasteiger charge is -2.45. The highest BCUT2D eigenvalue weighted by Gasteiger charge is 2.38. The highest BCUT2D eigenvalue weighted by atomic mass is 19.1. The van der Waals surface area contributed by atoms with Crippen molar-refractivity contribution in [2.45, 2.75) is 94.5 Å². The van der Waals surface area contributed by atoms with E-state index in [9.17, 15) is 14.6 Å². The van der Waals surface area contributed by atoms with Gasteiger partial charge in [-0.15, -0.1) is 0 Å². The van der Waals surface area contributed by atoms with Gasteiger partial charge >= 0.3 is 0 Å². The molecule has 6 heterocycles. The maximum atomic E-state index is 15.2. The fraction of sp³-hybridized carbons (Fsp3) is 0.500. The molecule has 12 heteroatoms. The number of nitrogens with zero attached hydrogens (tertiary/aromatic N) is 6. The molecule has 4 aliphatic heterocycles. The van der Waals surface area contributed by atoms with Crippen molar-refractivity contribution in [3.8, 4) is 0 Å². The summed E-state index contributed by atoms with van der Waals surface area (Å²) >= 11 is 0. The summed E-state index contributed by atoms with van der Waals surface area (Å²) in [5, 5.41) is 30.3. The number of nitrogens with one attached hydrogen (secondary N) is 2. The number of anilines is 6. The van der Waals surface area contributed by atoms with Crippen LogP contribution in [0, 0.1) is 11.6 Å². The quantitative estimate of drug-likeness (QED) is 0.124. The van der Waals surface area contributed by atoms with Gasteiger partial charge in [0.15, 0.2) is 0 Å². The molecule has 4 fully saturated rings. The first-order valence-electron chi connectivity index (χ1n) is 20.7. The van der Waals surface area contributed by atoms with Crippen LogP contribution in [0.5, 0.6) is 0 Å². The molecule has 2 aromatic carbocycles. The van der Waals surface area contributed by atoms with Crippen molar-refractivity contribution in [3.05, 3.63) is 96.3 Å². The fourth-order valence-electron chi connectivity index (χ4n) is 9.36. The molecule has 298 valence electrons. The topological polar surface area (TPSA) is 103 Å². The van der Waals surface area contributed by atoms with Crippen LogP contribution in [0.1, 0.15) is 75.9 Å². The Kier molecular flexibility index (Phi) is 12.0. The minimum Gasteiger partial charge on any atom is -0.394 e. The predicted octanol–water partition coefficient (Wildman–Crippen LogP) is 7.36. The molecule has 0 saturated carbocycles. The van der Waals surface area contributed by atoms with Crippen LogP contribution in [0.25, 0.3) is 0 Å². The van der Waals surface area contributed by atoms with Gasteiger partial charge in [-0.05, 0) is 107 Å². The van der Waals surface area contributed by atoms with Gasteiger partial charge in [0, 0.05) is 104 Å². The monoisotopic (exact) mass is 766 g/mol. The minimum absolute atomic E-state index is 0.00627. The summed E-state index contributed by atoms with van der Waals surface area (Å²) in [5.41, 5.74) is 4.15. The van der Waals surface area contributed by atoms with Gasteiger partial charge in [0.05, 0.1) is 18.7 Å². The summed E-state index contributed by atoms with van der Waals surface area (Å²) in [5.74, 6) is 0.837. The largest absolute Gasteiger partial charge is 0.394 e. The van der Waals surface area contributed by atoms with E-state index in [1.807, 2.05) is 18.5 Å². The molecule has 56 heavy (non-hydrogen) atoms. The molecule has 8 rings (SSSR count). The molecule has 0 bridgehead atoms. The SMILES string of the molecule is OC[C@H]1CC[C@H](Nc2cc(N3CCCCC3)ccn2)CN1c1cc(F)ccc1C(O)[C@@H]1CC[C@@H](Nc2cc(N3CCCCC3)ccn2)CN1c1cccc(F)c1. The lowest BCUT2D eigenvalue weighted by atomic mass is 9.88. The molecule has 0 aliphatic carbocycles. The Hall–Kier alpha value is -4.68. The lowest BCUT2D eigenvalue weighted by Crippen LogP contribution is -2.52. The van der Waals surface area contributed by atoms with Crippen LogP contribution in [-0.2, 0) is 0 Å². The summed E-state index contributed by atoms with van der Waals surface area (Å²) < 4.78 is 30.0. The average Bonchev–Trinajstić information content (AvgIpc) is 3.24. The van der Waals surface area contributed by atoms with Gasteiger partial charge in [-0.3, -0.25) is 0 Å². The van der Waals surface area contributed by atoms with Crippen molar-refractivity contribution >= 4 is 34.4 Å². The Morgan fingerprint density at radius 1 is 0.643 bits per heavy atom. The first kappa shape index (κ1) is 38.2. The van der Waals surface area contributed by atoms with Gasteiger partial charge in [-0.2, -0.15) is 0 Å². The number of rotatable bonds is 11. The van der Waals surface area contributed by atoms with Crippen LogP contribution in [0.2, 0.25) is 0 Å². The van der Waals surface area contributed by atoms with E-state index in [0.29, 0.717) is 42.9 Å². The number of hydrogen-bond acceptors (Lipinski definition) is 10. The molecule has 2 aromatic heterocycles.